The van der Waals surface area contributed by atoms with Crippen LogP contribution in [0.1, 0.15) is 81.2 Å². The first-order chi connectivity index (χ1) is 16.0. The van der Waals surface area contributed by atoms with E-state index in [0.29, 0.717) is 12.3 Å². The van der Waals surface area contributed by atoms with Crippen molar-refractivity contribution in [2.24, 2.45) is 5.92 Å². The predicted molar refractivity (Wildman–Crippen MR) is 137 cm³/mol. The topological polar surface area (TPSA) is 23.6 Å². The van der Waals surface area contributed by atoms with Gasteiger partial charge in [-0.2, -0.15) is 0 Å². The minimum absolute atomic E-state index is 0.124. The Bertz CT molecular complexity index is 893. The number of hydrogen-bond donors (Lipinski definition) is 0. The summed E-state index contributed by atoms with van der Waals surface area (Å²) in [5.74, 6) is 0.750. The van der Waals surface area contributed by atoms with E-state index in [9.17, 15) is 4.79 Å². The molecule has 176 valence electrons. The third kappa shape index (κ3) is 5.41. The summed E-state index contributed by atoms with van der Waals surface area (Å²) >= 11 is 0. The smallest absolute Gasteiger partial charge is 0.227 e. The second-order valence-corrected chi connectivity index (χ2v) is 10.1. The lowest BCUT2D eigenvalue weighted by Gasteiger charge is -2.45. The number of rotatable bonds is 7. The molecular weight excluding hydrogens is 404 g/mol. The van der Waals surface area contributed by atoms with Crippen LogP contribution in [0, 0.1) is 5.92 Å². The fraction of sp³-hybridized carbons (Fsp3) is 0.500. The Balaban J connectivity index is 1.55. The quantitative estimate of drug-likeness (QED) is 0.485. The molecule has 1 unspecified atom stereocenters. The number of aryl methyl sites for hydroxylation is 2. The van der Waals surface area contributed by atoms with Crippen LogP contribution in [-0.4, -0.2) is 34.8 Å². The molecule has 1 saturated heterocycles. The minimum atomic E-state index is 0.124. The van der Waals surface area contributed by atoms with Gasteiger partial charge in [0.2, 0.25) is 5.91 Å². The van der Waals surface area contributed by atoms with Crippen LogP contribution in [0.3, 0.4) is 0 Å². The average Bonchev–Trinajstić information content (AvgIpc) is 2.88. The maximum absolute atomic E-state index is 13.3. The number of nitrogens with zero attached hydrogens (tertiary/aromatic N) is 2. The van der Waals surface area contributed by atoms with Crippen LogP contribution in [0.5, 0.6) is 0 Å². The Morgan fingerprint density at radius 3 is 1.91 bits per heavy atom. The standard InChI is InChI=1S/C30H40N2O/c1-5-7-26(8-6-2)19-29(33)32-22(3)20-31(21-23(32)4)30-27-15-11-24(12-16-27)9-10-25-13-17-28(30)18-14-25/h11-18,23,26,30H,3,5-10,19-21H2,1-2,4H3. The van der Waals surface area contributed by atoms with Gasteiger partial charge in [-0.1, -0.05) is 94.6 Å². The lowest BCUT2D eigenvalue weighted by molar-refractivity contribution is -0.134. The maximum Gasteiger partial charge on any atom is 0.227 e. The molecule has 7 rings (SSSR count). The molecule has 3 nitrogen and oxygen atoms in total. The lowest BCUT2D eigenvalue weighted by atomic mass is 9.92. The number of benzene rings is 2. The van der Waals surface area contributed by atoms with Gasteiger partial charge in [-0.05, 0) is 47.9 Å². The second-order valence-electron chi connectivity index (χ2n) is 10.1. The predicted octanol–water partition coefficient (Wildman–Crippen LogP) is 6.53. The third-order valence-corrected chi connectivity index (χ3v) is 7.45. The molecule has 0 saturated carbocycles. The Morgan fingerprint density at radius 2 is 1.45 bits per heavy atom. The van der Waals surface area contributed by atoms with Crippen LogP contribution >= 0.6 is 0 Å². The molecule has 4 bridgehead atoms. The zero-order valence-corrected chi connectivity index (χ0v) is 20.7. The van der Waals surface area contributed by atoms with Gasteiger partial charge in [0.1, 0.15) is 0 Å². The molecule has 33 heavy (non-hydrogen) atoms. The molecule has 3 heteroatoms. The van der Waals surface area contributed by atoms with Crippen molar-refractivity contribution in [2.45, 2.75) is 77.8 Å². The fourth-order valence-corrected chi connectivity index (χ4v) is 5.87. The van der Waals surface area contributed by atoms with E-state index in [-0.39, 0.29) is 18.0 Å². The van der Waals surface area contributed by atoms with E-state index >= 15 is 0 Å². The molecule has 0 radical (unpaired) electrons. The van der Waals surface area contributed by atoms with Gasteiger partial charge in [0, 0.05) is 31.2 Å². The van der Waals surface area contributed by atoms with Crippen molar-refractivity contribution in [3.63, 3.8) is 0 Å². The number of hydrogen-bond acceptors (Lipinski definition) is 2. The Hall–Kier alpha value is -2.39. The van der Waals surface area contributed by atoms with E-state index < -0.39 is 0 Å². The first kappa shape index (κ1) is 23.8. The summed E-state index contributed by atoms with van der Waals surface area (Å²) in [4.78, 5) is 17.8. The first-order valence-corrected chi connectivity index (χ1v) is 12.9. The molecule has 5 aliphatic rings. The number of amides is 1. The van der Waals surface area contributed by atoms with Crippen LogP contribution in [0.15, 0.2) is 60.8 Å². The largest absolute Gasteiger partial charge is 0.311 e. The maximum atomic E-state index is 13.3. The fourth-order valence-electron chi connectivity index (χ4n) is 5.87. The van der Waals surface area contributed by atoms with Gasteiger partial charge >= 0.3 is 0 Å². The molecule has 1 fully saturated rings. The monoisotopic (exact) mass is 444 g/mol. The molecule has 0 aromatic heterocycles. The summed E-state index contributed by atoms with van der Waals surface area (Å²) in [5.41, 5.74) is 6.36. The highest BCUT2D eigenvalue weighted by atomic mass is 16.2. The van der Waals surface area contributed by atoms with Crippen molar-refractivity contribution in [3.05, 3.63) is 83.1 Å². The highest BCUT2D eigenvalue weighted by Crippen LogP contribution is 2.34. The van der Waals surface area contributed by atoms with Crippen molar-refractivity contribution in [1.82, 2.24) is 9.80 Å². The molecule has 2 aromatic rings. The van der Waals surface area contributed by atoms with Crippen molar-refractivity contribution in [1.29, 1.82) is 0 Å². The van der Waals surface area contributed by atoms with Gasteiger partial charge in [-0.25, -0.2) is 0 Å². The van der Waals surface area contributed by atoms with Crippen LogP contribution in [0.25, 0.3) is 0 Å². The summed E-state index contributed by atoms with van der Waals surface area (Å²) in [7, 11) is 0. The molecule has 1 aliphatic heterocycles. The van der Waals surface area contributed by atoms with Gasteiger partial charge in [0.25, 0.3) is 0 Å². The summed E-state index contributed by atoms with van der Waals surface area (Å²) < 4.78 is 0. The van der Waals surface area contributed by atoms with E-state index in [1.165, 1.54) is 22.3 Å². The van der Waals surface area contributed by atoms with Crippen molar-refractivity contribution >= 4 is 5.91 Å². The summed E-state index contributed by atoms with van der Waals surface area (Å²) in [6.07, 6.45) is 7.36. The Labute approximate surface area is 200 Å². The third-order valence-electron chi connectivity index (χ3n) is 7.45. The van der Waals surface area contributed by atoms with Gasteiger partial charge in [0.15, 0.2) is 0 Å². The Morgan fingerprint density at radius 1 is 0.939 bits per heavy atom. The summed E-state index contributed by atoms with van der Waals surface area (Å²) in [5, 5.41) is 0. The Kier molecular flexibility index (Phi) is 7.70. The minimum Gasteiger partial charge on any atom is -0.311 e. The van der Waals surface area contributed by atoms with Crippen molar-refractivity contribution in [3.8, 4) is 0 Å². The van der Waals surface area contributed by atoms with Gasteiger partial charge < -0.3 is 4.90 Å². The van der Waals surface area contributed by atoms with E-state index in [2.05, 4.69) is 80.8 Å². The molecule has 4 aliphatic carbocycles. The number of carbonyl (C=O) groups excluding carboxylic acids is 1. The molecule has 1 amide bonds. The molecule has 1 heterocycles. The van der Waals surface area contributed by atoms with E-state index in [4.69, 9.17) is 0 Å². The normalized spacial score (nSPS) is 19.3. The van der Waals surface area contributed by atoms with Crippen molar-refractivity contribution in [2.75, 3.05) is 13.1 Å². The van der Waals surface area contributed by atoms with Crippen molar-refractivity contribution < 1.29 is 4.79 Å². The molecular formula is C30H40N2O. The van der Waals surface area contributed by atoms with Crippen LogP contribution in [0.4, 0.5) is 0 Å². The van der Waals surface area contributed by atoms with Gasteiger partial charge in [-0.3, -0.25) is 9.69 Å². The zero-order valence-electron chi connectivity index (χ0n) is 20.7. The highest BCUT2D eigenvalue weighted by molar-refractivity contribution is 5.79. The van der Waals surface area contributed by atoms with Gasteiger partial charge in [-0.15, -0.1) is 0 Å². The highest BCUT2D eigenvalue weighted by Gasteiger charge is 2.35. The van der Waals surface area contributed by atoms with E-state index in [1.807, 2.05) is 4.90 Å². The number of piperazine rings is 1. The lowest BCUT2D eigenvalue weighted by Crippen LogP contribution is -2.53. The van der Waals surface area contributed by atoms with E-state index in [1.54, 1.807) is 0 Å². The molecule has 2 aromatic carbocycles. The first-order valence-electron chi connectivity index (χ1n) is 12.9. The molecule has 1 atom stereocenters. The van der Waals surface area contributed by atoms with Crippen LogP contribution in [0.2, 0.25) is 0 Å². The summed E-state index contributed by atoms with van der Waals surface area (Å²) in [6, 6.07) is 18.6. The second kappa shape index (κ2) is 10.7. The SMILES string of the molecule is C=C1CN(C2c3ccc(cc3)CCc3ccc2cc3)CC(C)N1C(=O)CC(CCC)CCC. The van der Waals surface area contributed by atoms with Crippen LogP contribution in [-0.2, 0) is 17.6 Å². The molecule has 0 N–H and O–H groups in total. The number of carbonyl (C=O) groups is 1. The van der Waals surface area contributed by atoms with Gasteiger partial charge in [0.05, 0.1) is 6.04 Å². The zero-order chi connectivity index (χ0) is 23.4. The average molecular weight is 445 g/mol. The summed E-state index contributed by atoms with van der Waals surface area (Å²) in [6.45, 7) is 12.6. The molecule has 0 spiro atoms. The van der Waals surface area contributed by atoms with Crippen LogP contribution < -0.4 is 0 Å². The van der Waals surface area contributed by atoms with E-state index in [0.717, 1.165) is 57.3 Å².